The molecule has 1 atom stereocenters. The summed E-state index contributed by atoms with van der Waals surface area (Å²) in [5.74, 6) is 0.410. The summed E-state index contributed by atoms with van der Waals surface area (Å²) in [7, 11) is 0. The lowest BCUT2D eigenvalue weighted by atomic mass is 10.1. The molecule has 0 unspecified atom stereocenters. The van der Waals surface area contributed by atoms with Crippen LogP contribution >= 0.6 is 0 Å². The van der Waals surface area contributed by atoms with Crippen molar-refractivity contribution in [2.45, 2.75) is 39.2 Å². The number of hydrogen-bond acceptors (Lipinski definition) is 5. The average molecular weight is 504 g/mol. The van der Waals surface area contributed by atoms with E-state index < -0.39 is 0 Å². The zero-order valence-electron chi connectivity index (χ0n) is 21.5. The summed E-state index contributed by atoms with van der Waals surface area (Å²) in [6.45, 7) is 6.71. The van der Waals surface area contributed by atoms with Crippen molar-refractivity contribution in [1.29, 1.82) is 0 Å². The second-order valence-corrected chi connectivity index (χ2v) is 9.45. The molecule has 8 heteroatoms. The smallest absolute Gasteiger partial charge is 0.242 e. The maximum Gasteiger partial charge on any atom is 0.242 e. The molecule has 3 aromatic rings. The molecule has 1 aliphatic heterocycles. The fourth-order valence-corrected chi connectivity index (χ4v) is 4.49. The number of aromatic nitrogens is 2. The normalized spacial score (nSPS) is 14.7. The lowest BCUT2D eigenvalue weighted by Crippen LogP contribution is -2.47. The number of carbonyl (C=O) groups excluding carboxylic acids is 2. The van der Waals surface area contributed by atoms with Crippen LogP contribution in [0.4, 0.5) is 10.2 Å². The van der Waals surface area contributed by atoms with Gasteiger partial charge in [-0.25, -0.2) is 4.39 Å². The van der Waals surface area contributed by atoms with Crippen LogP contribution in [-0.2, 0) is 16.0 Å². The number of amides is 2. The molecule has 0 bridgehead atoms. The van der Waals surface area contributed by atoms with Crippen LogP contribution in [-0.4, -0.2) is 70.6 Å². The molecule has 2 amide bonds. The van der Waals surface area contributed by atoms with E-state index in [9.17, 15) is 14.0 Å². The molecule has 4 rings (SSSR count). The van der Waals surface area contributed by atoms with Gasteiger partial charge in [0.25, 0.3) is 0 Å². The molecule has 1 saturated heterocycles. The Morgan fingerprint density at radius 2 is 1.70 bits per heavy atom. The zero-order valence-corrected chi connectivity index (χ0v) is 21.5. The molecule has 0 radical (unpaired) electrons. The van der Waals surface area contributed by atoms with E-state index in [2.05, 4.69) is 15.1 Å². The third-order valence-electron chi connectivity index (χ3n) is 6.91. The summed E-state index contributed by atoms with van der Waals surface area (Å²) in [5.41, 5.74) is 2.44. The molecule has 0 N–H and O–H groups in total. The zero-order chi connectivity index (χ0) is 26.2. The van der Waals surface area contributed by atoms with Gasteiger partial charge >= 0.3 is 0 Å². The molecule has 37 heavy (non-hydrogen) atoms. The van der Waals surface area contributed by atoms with Crippen LogP contribution in [0.25, 0.3) is 11.3 Å². The summed E-state index contributed by atoms with van der Waals surface area (Å²) < 4.78 is 13.2. The quantitative estimate of drug-likeness (QED) is 0.461. The molecule has 2 aromatic carbocycles. The first-order chi connectivity index (χ1) is 17.9. The fraction of sp³-hybridized carbons (Fsp3) is 0.379. The Morgan fingerprint density at radius 1 is 0.946 bits per heavy atom. The van der Waals surface area contributed by atoms with Gasteiger partial charge in [-0.1, -0.05) is 37.3 Å². The van der Waals surface area contributed by atoms with Crippen LogP contribution in [0.5, 0.6) is 0 Å². The standard InChI is InChI=1S/C29H34FN5O2/c1-3-22(2)35(28(36)20-23-8-5-4-6-9-23)21-29(37)34-17-7-16-33(18-19-34)27-15-14-26(31-32-27)24-10-12-25(30)13-11-24/h4-6,8-15,22H,3,7,16-21H2,1-2H3/t22-/m0/s1. The van der Waals surface area contributed by atoms with Gasteiger partial charge in [-0.15, -0.1) is 10.2 Å². The average Bonchev–Trinajstić information content (AvgIpc) is 3.19. The van der Waals surface area contributed by atoms with Gasteiger partial charge in [0.2, 0.25) is 11.8 Å². The van der Waals surface area contributed by atoms with Crippen LogP contribution in [0.3, 0.4) is 0 Å². The van der Waals surface area contributed by atoms with Gasteiger partial charge in [-0.05, 0) is 61.7 Å². The van der Waals surface area contributed by atoms with Crippen molar-refractivity contribution in [1.82, 2.24) is 20.0 Å². The van der Waals surface area contributed by atoms with E-state index in [1.165, 1.54) is 12.1 Å². The summed E-state index contributed by atoms with van der Waals surface area (Å²) in [4.78, 5) is 32.1. The number of benzene rings is 2. The molecule has 1 aromatic heterocycles. The van der Waals surface area contributed by atoms with Gasteiger partial charge in [0.05, 0.1) is 18.7 Å². The molecule has 2 heterocycles. The molecule has 194 valence electrons. The van der Waals surface area contributed by atoms with Crippen molar-refractivity contribution >= 4 is 17.6 Å². The first-order valence-electron chi connectivity index (χ1n) is 12.9. The van der Waals surface area contributed by atoms with Crippen LogP contribution in [0.15, 0.2) is 66.7 Å². The summed E-state index contributed by atoms with van der Waals surface area (Å²) in [6.07, 6.45) is 1.88. The fourth-order valence-electron chi connectivity index (χ4n) is 4.49. The first kappa shape index (κ1) is 26.3. The van der Waals surface area contributed by atoms with Crippen LogP contribution in [0, 0.1) is 5.82 Å². The number of hydrogen-bond donors (Lipinski definition) is 0. The minimum atomic E-state index is -0.287. The lowest BCUT2D eigenvalue weighted by Gasteiger charge is -2.31. The Balaban J connectivity index is 1.36. The van der Waals surface area contributed by atoms with E-state index in [0.717, 1.165) is 36.3 Å². The Kier molecular flexibility index (Phi) is 8.82. The largest absolute Gasteiger partial charge is 0.353 e. The molecule has 1 aliphatic rings. The highest BCUT2D eigenvalue weighted by Gasteiger charge is 2.26. The van der Waals surface area contributed by atoms with Crippen molar-refractivity contribution < 1.29 is 14.0 Å². The van der Waals surface area contributed by atoms with Crippen molar-refractivity contribution in [3.8, 4) is 11.3 Å². The van der Waals surface area contributed by atoms with E-state index in [1.54, 1.807) is 17.0 Å². The SMILES string of the molecule is CC[C@H](C)N(CC(=O)N1CCCN(c2ccc(-c3ccc(F)cc3)nn2)CC1)C(=O)Cc1ccccc1. The van der Waals surface area contributed by atoms with Gasteiger partial charge in [-0.3, -0.25) is 9.59 Å². The maximum atomic E-state index is 13.3. The molecule has 1 fully saturated rings. The van der Waals surface area contributed by atoms with Gasteiger partial charge < -0.3 is 14.7 Å². The Bertz CT molecular complexity index is 1170. The Hall–Kier alpha value is -3.81. The number of halogens is 1. The van der Waals surface area contributed by atoms with E-state index in [-0.39, 0.29) is 30.2 Å². The number of rotatable bonds is 8. The van der Waals surface area contributed by atoms with Crippen LogP contribution < -0.4 is 4.90 Å². The van der Waals surface area contributed by atoms with E-state index in [0.29, 0.717) is 31.7 Å². The molecule has 7 nitrogen and oxygen atoms in total. The molecule has 0 aliphatic carbocycles. The van der Waals surface area contributed by atoms with Crippen molar-refractivity contribution in [2.75, 3.05) is 37.6 Å². The minimum absolute atomic E-state index is 0.0152. The van der Waals surface area contributed by atoms with Gasteiger partial charge in [0, 0.05) is 37.8 Å². The number of carbonyl (C=O) groups is 2. The summed E-state index contributed by atoms with van der Waals surface area (Å²) in [6, 6.07) is 19.6. The van der Waals surface area contributed by atoms with Crippen LogP contribution in [0.1, 0.15) is 32.3 Å². The minimum Gasteiger partial charge on any atom is -0.353 e. The van der Waals surface area contributed by atoms with Gasteiger partial charge in [0.15, 0.2) is 5.82 Å². The molecule has 0 spiro atoms. The van der Waals surface area contributed by atoms with E-state index in [1.807, 2.05) is 61.2 Å². The van der Waals surface area contributed by atoms with Crippen molar-refractivity contribution in [2.24, 2.45) is 0 Å². The van der Waals surface area contributed by atoms with E-state index >= 15 is 0 Å². The predicted octanol–water partition coefficient (Wildman–Crippen LogP) is 4.19. The molecular formula is C29H34FN5O2. The highest BCUT2D eigenvalue weighted by molar-refractivity contribution is 5.86. The predicted molar refractivity (Wildman–Crippen MR) is 142 cm³/mol. The third kappa shape index (κ3) is 6.90. The Morgan fingerprint density at radius 3 is 2.38 bits per heavy atom. The molecular weight excluding hydrogens is 469 g/mol. The summed E-state index contributed by atoms with van der Waals surface area (Å²) >= 11 is 0. The maximum absolute atomic E-state index is 13.3. The first-order valence-corrected chi connectivity index (χ1v) is 12.9. The Labute approximate surface area is 217 Å². The van der Waals surface area contributed by atoms with Gasteiger partial charge in [0.1, 0.15) is 5.82 Å². The highest BCUT2D eigenvalue weighted by Crippen LogP contribution is 2.20. The number of anilines is 1. The lowest BCUT2D eigenvalue weighted by molar-refractivity contribution is -0.141. The third-order valence-corrected chi connectivity index (χ3v) is 6.91. The number of nitrogens with zero attached hydrogens (tertiary/aromatic N) is 5. The second kappa shape index (κ2) is 12.4. The summed E-state index contributed by atoms with van der Waals surface area (Å²) in [5, 5.41) is 8.71. The van der Waals surface area contributed by atoms with E-state index in [4.69, 9.17) is 0 Å². The van der Waals surface area contributed by atoms with Crippen LogP contribution in [0.2, 0.25) is 0 Å². The highest BCUT2D eigenvalue weighted by atomic mass is 19.1. The van der Waals surface area contributed by atoms with Crippen molar-refractivity contribution in [3.63, 3.8) is 0 Å². The van der Waals surface area contributed by atoms with Gasteiger partial charge in [-0.2, -0.15) is 0 Å². The molecule has 0 saturated carbocycles. The second-order valence-electron chi connectivity index (χ2n) is 9.45. The van der Waals surface area contributed by atoms with Crippen molar-refractivity contribution in [3.05, 3.63) is 78.1 Å². The monoisotopic (exact) mass is 503 g/mol. The topological polar surface area (TPSA) is 69.6 Å².